The minimum atomic E-state index is 0.288. The van der Waals surface area contributed by atoms with Crippen molar-refractivity contribution >= 4 is 21.6 Å². The van der Waals surface area contributed by atoms with E-state index in [-0.39, 0.29) is 6.04 Å². The molecule has 1 fully saturated rings. The van der Waals surface area contributed by atoms with Crippen molar-refractivity contribution < 1.29 is 0 Å². The van der Waals surface area contributed by atoms with Gasteiger partial charge in [0.2, 0.25) is 0 Å². The van der Waals surface area contributed by atoms with Gasteiger partial charge in [0.05, 0.1) is 11.8 Å². The summed E-state index contributed by atoms with van der Waals surface area (Å²) in [5, 5.41) is 7.09. The fraction of sp³-hybridized carbons (Fsp3) is 0.240. The van der Waals surface area contributed by atoms with Crippen molar-refractivity contribution in [2.24, 2.45) is 5.10 Å². The summed E-state index contributed by atoms with van der Waals surface area (Å²) in [7, 11) is 0. The molecule has 3 nitrogen and oxygen atoms in total. The van der Waals surface area contributed by atoms with Crippen molar-refractivity contribution in [1.82, 2.24) is 9.91 Å². The summed E-state index contributed by atoms with van der Waals surface area (Å²) in [5.74, 6) is 0. The van der Waals surface area contributed by atoms with Crippen molar-refractivity contribution in [1.29, 1.82) is 0 Å². The van der Waals surface area contributed by atoms with Crippen LogP contribution in [0.1, 0.15) is 29.7 Å². The molecule has 3 aromatic rings. The predicted octanol–water partition coefficient (Wildman–Crippen LogP) is 5.58. The van der Waals surface area contributed by atoms with Gasteiger partial charge in [-0.2, -0.15) is 5.10 Å². The molecule has 0 bridgehead atoms. The largest absolute Gasteiger partial charge is 0.294 e. The summed E-state index contributed by atoms with van der Waals surface area (Å²) < 4.78 is 1.09. The Bertz CT molecular complexity index is 891. The Labute approximate surface area is 181 Å². The van der Waals surface area contributed by atoms with Gasteiger partial charge in [0.25, 0.3) is 0 Å². The molecular formula is C25H26BrN3. The van der Waals surface area contributed by atoms with Crippen LogP contribution in [0.15, 0.2) is 94.5 Å². The van der Waals surface area contributed by atoms with Gasteiger partial charge >= 0.3 is 0 Å². The number of hydrogen-bond acceptors (Lipinski definition) is 3. The summed E-state index contributed by atoms with van der Waals surface area (Å²) in [6.07, 6.45) is 0. The van der Waals surface area contributed by atoms with Crippen molar-refractivity contribution in [3.63, 3.8) is 0 Å². The fourth-order valence-corrected chi connectivity index (χ4v) is 4.18. The molecule has 0 aliphatic carbocycles. The van der Waals surface area contributed by atoms with E-state index in [4.69, 9.17) is 5.10 Å². The fourth-order valence-electron chi connectivity index (χ4n) is 3.92. The second-order valence-corrected chi connectivity index (χ2v) is 8.32. The van der Waals surface area contributed by atoms with E-state index in [0.717, 1.165) is 36.4 Å². The van der Waals surface area contributed by atoms with Crippen molar-refractivity contribution in [2.45, 2.75) is 13.0 Å². The molecule has 0 amide bonds. The van der Waals surface area contributed by atoms with E-state index in [9.17, 15) is 0 Å². The van der Waals surface area contributed by atoms with Crippen molar-refractivity contribution in [3.8, 4) is 0 Å². The molecular weight excluding hydrogens is 422 g/mol. The average molecular weight is 448 g/mol. The molecule has 0 atom stereocenters. The first-order chi connectivity index (χ1) is 14.2. The van der Waals surface area contributed by atoms with E-state index in [1.54, 1.807) is 0 Å². The van der Waals surface area contributed by atoms with Crippen LogP contribution in [0, 0.1) is 0 Å². The normalized spacial score (nSPS) is 15.7. The van der Waals surface area contributed by atoms with Crippen LogP contribution >= 0.6 is 15.9 Å². The monoisotopic (exact) mass is 447 g/mol. The van der Waals surface area contributed by atoms with Gasteiger partial charge in [-0.05, 0) is 35.7 Å². The first-order valence-electron chi connectivity index (χ1n) is 10.1. The molecule has 4 rings (SSSR count). The molecule has 0 saturated carbocycles. The second kappa shape index (κ2) is 9.38. The molecule has 0 unspecified atom stereocenters. The maximum atomic E-state index is 4.88. The van der Waals surface area contributed by atoms with Gasteiger partial charge in [-0.15, -0.1) is 0 Å². The highest BCUT2D eigenvalue weighted by Gasteiger charge is 2.26. The second-order valence-electron chi connectivity index (χ2n) is 7.41. The zero-order valence-electron chi connectivity index (χ0n) is 16.7. The highest BCUT2D eigenvalue weighted by Crippen LogP contribution is 2.29. The van der Waals surface area contributed by atoms with E-state index < -0.39 is 0 Å². The van der Waals surface area contributed by atoms with Gasteiger partial charge in [-0.3, -0.25) is 9.91 Å². The Morgan fingerprint density at radius 3 is 1.79 bits per heavy atom. The molecule has 0 spiro atoms. The van der Waals surface area contributed by atoms with E-state index in [0.29, 0.717) is 0 Å². The van der Waals surface area contributed by atoms with Crippen LogP contribution in [0.25, 0.3) is 0 Å². The van der Waals surface area contributed by atoms with Gasteiger partial charge in [-0.1, -0.05) is 88.7 Å². The Balaban J connectivity index is 1.48. The van der Waals surface area contributed by atoms with E-state index in [1.807, 2.05) is 0 Å². The van der Waals surface area contributed by atoms with Gasteiger partial charge in [0.15, 0.2) is 0 Å². The molecule has 1 aliphatic heterocycles. The summed E-state index contributed by atoms with van der Waals surface area (Å²) in [6.45, 7) is 5.94. The van der Waals surface area contributed by atoms with Crippen LogP contribution in [-0.4, -0.2) is 41.8 Å². The van der Waals surface area contributed by atoms with Crippen LogP contribution in [0.2, 0.25) is 0 Å². The molecule has 0 aromatic heterocycles. The van der Waals surface area contributed by atoms with Gasteiger partial charge in [0.1, 0.15) is 0 Å². The van der Waals surface area contributed by atoms with Gasteiger partial charge in [-0.25, -0.2) is 0 Å². The average Bonchev–Trinajstić information content (AvgIpc) is 2.77. The Kier molecular flexibility index (Phi) is 6.43. The van der Waals surface area contributed by atoms with Crippen LogP contribution in [0.4, 0.5) is 0 Å². The molecule has 1 heterocycles. The highest BCUT2D eigenvalue weighted by molar-refractivity contribution is 9.10. The predicted molar refractivity (Wildman–Crippen MR) is 124 cm³/mol. The van der Waals surface area contributed by atoms with Crippen LogP contribution < -0.4 is 0 Å². The maximum absolute atomic E-state index is 4.88. The molecule has 148 valence electrons. The smallest absolute Gasteiger partial charge is 0.0646 e. The zero-order valence-corrected chi connectivity index (χ0v) is 18.3. The minimum absolute atomic E-state index is 0.288. The Hall–Kier alpha value is -2.43. The maximum Gasteiger partial charge on any atom is 0.0646 e. The first-order valence-corrected chi connectivity index (χ1v) is 10.9. The third-order valence-corrected chi connectivity index (χ3v) is 5.97. The number of piperazine rings is 1. The lowest BCUT2D eigenvalue weighted by Gasteiger charge is -2.39. The molecule has 0 N–H and O–H groups in total. The topological polar surface area (TPSA) is 18.8 Å². The number of rotatable bonds is 5. The van der Waals surface area contributed by atoms with Crippen molar-refractivity contribution in [3.05, 3.63) is 106 Å². The SMILES string of the molecule is CC(=NN1CCN(C(c2ccccc2)c2ccccc2)CC1)c1ccc(Br)cc1. The third kappa shape index (κ3) is 4.95. The van der Waals surface area contributed by atoms with Crippen LogP contribution in [-0.2, 0) is 0 Å². The number of hydrogen-bond donors (Lipinski definition) is 0. The standard InChI is InChI=1S/C25H26BrN3/c1-20(21-12-14-24(26)15-13-21)27-29-18-16-28(17-19-29)25(22-8-4-2-5-9-22)23-10-6-3-7-11-23/h2-15,25H,16-19H2,1H3. The van der Waals surface area contributed by atoms with Crippen molar-refractivity contribution in [2.75, 3.05) is 26.2 Å². The van der Waals surface area contributed by atoms with E-state index >= 15 is 0 Å². The molecule has 4 heteroatoms. The summed E-state index contributed by atoms with van der Waals surface area (Å²) in [5.41, 5.74) is 4.93. The quantitative estimate of drug-likeness (QED) is 0.475. The number of benzene rings is 3. The lowest BCUT2D eigenvalue weighted by molar-refractivity contribution is 0.112. The van der Waals surface area contributed by atoms with Gasteiger partial charge in [0, 0.05) is 30.7 Å². The molecule has 29 heavy (non-hydrogen) atoms. The summed E-state index contributed by atoms with van der Waals surface area (Å²) in [6, 6.07) is 30.3. The summed E-state index contributed by atoms with van der Waals surface area (Å²) in [4.78, 5) is 2.58. The first kappa shape index (κ1) is 19.9. The van der Waals surface area contributed by atoms with E-state index in [1.165, 1.54) is 16.7 Å². The number of nitrogens with zero attached hydrogens (tertiary/aromatic N) is 3. The highest BCUT2D eigenvalue weighted by atomic mass is 79.9. The third-order valence-electron chi connectivity index (χ3n) is 5.44. The lowest BCUT2D eigenvalue weighted by atomic mass is 9.96. The minimum Gasteiger partial charge on any atom is -0.294 e. The molecule has 0 radical (unpaired) electrons. The van der Waals surface area contributed by atoms with Crippen LogP contribution in [0.3, 0.4) is 0 Å². The molecule has 1 saturated heterocycles. The molecule has 3 aromatic carbocycles. The van der Waals surface area contributed by atoms with E-state index in [2.05, 4.69) is 118 Å². The molecule has 1 aliphatic rings. The lowest BCUT2D eigenvalue weighted by Crippen LogP contribution is -2.46. The summed E-state index contributed by atoms with van der Waals surface area (Å²) >= 11 is 3.50. The zero-order chi connectivity index (χ0) is 20.1. The number of hydrazone groups is 1. The van der Waals surface area contributed by atoms with Crippen LogP contribution in [0.5, 0.6) is 0 Å². The van der Waals surface area contributed by atoms with Gasteiger partial charge < -0.3 is 0 Å². The Morgan fingerprint density at radius 2 is 1.28 bits per heavy atom. The number of halogens is 1. The Morgan fingerprint density at radius 1 is 0.759 bits per heavy atom.